The fourth-order valence-corrected chi connectivity index (χ4v) is 6.22. The van der Waals surface area contributed by atoms with Crippen molar-refractivity contribution >= 4 is 85.6 Å². The van der Waals surface area contributed by atoms with Gasteiger partial charge in [0, 0.05) is 11.1 Å². The maximum Gasteiger partial charge on any atom is 0.444 e. The predicted molar refractivity (Wildman–Crippen MR) is 174 cm³/mol. The molecule has 0 saturated carbocycles. The van der Waals surface area contributed by atoms with E-state index in [1.165, 1.54) is 47.2 Å². The summed E-state index contributed by atoms with van der Waals surface area (Å²) in [7, 11) is -3.73. The molecule has 0 aliphatic carbocycles. The van der Waals surface area contributed by atoms with Crippen LogP contribution in [0.5, 0.6) is 5.75 Å². The molecule has 0 fully saturated rings. The average molecular weight is 767 g/mol. The summed E-state index contributed by atoms with van der Waals surface area (Å²) in [6, 6.07) is 14.7. The fraction of sp³-hybridized carbons (Fsp3) is 0.0741. The number of sulfone groups is 1. The Bertz CT molecular complexity index is 2150. The van der Waals surface area contributed by atoms with Gasteiger partial charge in [-0.1, -0.05) is 10.1 Å². The van der Waals surface area contributed by atoms with Gasteiger partial charge in [-0.05, 0) is 87.6 Å². The minimum absolute atomic E-state index is 0.000845. The smallest absolute Gasteiger partial charge is 0.444 e. The van der Waals surface area contributed by atoms with Crippen molar-refractivity contribution in [3.63, 3.8) is 0 Å². The summed E-state index contributed by atoms with van der Waals surface area (Å²) in [5, 5.41) is 56.2. The Morgan fingerprint density at radius 1 is 1.00 bits per heavy atom. The SMILES string of the molecule is O=C(O)c1ccc[n+](-c2nc(Cl)nc(Nc3ccc4c(O)c(N=Nc5ccc(S(=O)(=O)CCOSOOO)cc5)c(SOOO)cc4c3)n2)c1. The van der Waals surface area contributed by atoms with Crippen LogP contribution in [0, 0.1) is 0 Å². The highest BCUT2D eigenvalue weighted by molar-refractivity contribution is 7.94. The highest BCUT2D eigenvalue weighted by Gasteiger charge is 2.20. The minimum Gasteiger partial charge on any atom is -0.505 e. The van der Waals surface area contributed by atoms with E-state index in [1.807, 2.05) is 0 Å². The van der Waals surface area contributed by atoms with Crippen molar-refractivity contribution in [3.8, 4) is 11.7 Å². The van der Waals surface area contributed by atoms with Crippen molar-refractivity contribution in [2.24, 2.45) is 10.2 Å². The molecule has 50 heavy (non-hydrogen) atoms. The number of anilines is 2. The number of pyridine rings is 1. The second-order valence-corrected chi connectivity index (χ2v) is 13.1. The zero-order valence-electron chi connectivity index (χ0n) is 24.7. The number of carboxylic acids is 1. The number of aromatic nitrogens is 4. The van der Waals surface area contributed by atoms with Crippen molar-refractivity contribution in [1.82, 2.24) is 15.0 Å². The molecule has 0 radical (unpaired) electrons. The average Bonchev–Trinajstić information content (AvgIpc) is 3.10. The molecule has 0 saturated heterocycles. The lowest BCUT2D eigenvalue weighted by molar-refractivity contribution is -0.603. The molecule has 0 spiro atoms. The fourth-order valence-electron chi connectivity index (χ4n) is 4.16. The van der Waals surface area contributed by atoms with Gasteiger partial charge in [0.1, 0.15) is 5.69 Å². The number of aromatic carboxylic acids is 1. The topological polar surface area (TPSA) is 258 Å². The largest absolute Gasteiger partial charge is 0.505 e. The molecule has 260 valence electrons. The number of hydrogen-bond acceptors (Lipinski definition) is 19. The van der Waals surface area contributed by atoms with Crippen LogP contribution in [0.15, 0.2) is 93.1 Å². The molecule has 2 heterocycles. The quantitative estimate of drug-likeness (QED) is 0.0201. The number of nitrogens with zero attached hydrogens (tertiary/aromatic N) is 6. The zero-order chi connectivity index (χ0) is 35.7. The maximum atomic E-state index is 12.5. The van der Waals surface area contributed by atoms with E-state index in [9.17, 15) is 23.4 Å². The number of hydrogen-bond donors (Lipinski definition) is 5. The standard InChI is InChI=1S/C27H20ClN7O12S3/c28-25-30-26(32-27(31-25)35-9-1-2-15(14-35)24(37)38)29-18-5-8-20-16(12-18)13-21(48-46-44-39)22(23(20)36)34-33-17-3-6-19(7-4-17)50(41,42)11-10-43-49-47-45-40/h1-9,12-14H,10-11H2,(H4-,29,30,31,32,33,36,37,38,39,40)/p+1. The molecular weight excluding hydrogens is 746 g/mol. The van der Waals surface area contributed by atoms with E-state index < -0.39 is 21.6 Å². The number of phenolic OH excluding ortho intramolecular Hbond substituents is 1. The van der Waals surface area contributed by atoms with Gasteiger partial charge in [0.15, 0.2) is 27.9 Å². The van der Waals surface area contributed by atoms with Crippen LogP contribution in [0.2, 0.25) is 5.28 Å². The zero-order valence-corrected chi connectivity index (χ0v) is 27.9. The number of benzene rings is 3. The second-order valence-electron chi connectivity index (χ2n) is 9.44. The van der Waals surface area contributed by atoms with Gasteiger partial charge in [0.05, 0.1) is 57.8 Å². The van der Waals surface area contributed by atoms with Crippen molar-refractivity contribution in [2.45, 2.75) is 9.79 Å². The normalized spacial score (nSPS) is 11.7. The van der Waals surface area contributed by atoms with Gasteiger partial charge in [0.2, 0.25) is 0 Å². The molecule has 23 heteroatoms. The molecule has 0 atom stereocenters. The van der Waals surface area contributed by atoms with Crippen LogP contribution in [-0.2, 0) is 32.8 Å². The maximum absolute atomic E-state index is 12.5. The molecule has 0 unspecified atom stereocenters. The van der Waals surface area contributed by atoms with Crippen LogP contribution in [0.4, 0.5) is 23.0 Å². The van der Waals surface area contributed by atoms with Gasteiger partial charge in [-0.15, -0.1) is 13.8 Å². The van der Waals surface area contributed by atoms with Crippen LogP contribution >= 0.6 is 36.0 Å². The van der Waals surface area contributed by atoms with E-state index in [2.05, 4.69) is 49.2 Å². The summed E-state index contributed by atoms with van der Waals surface area (Å²) in [6.07, 6.45) is 2.86. The van der Waals surface area contributed by atoms with E-state index in [1.54, 1.807) is 30.5 Å². The third kappa shape index (κ3) is 9.34. The van der Waals surface area contributed by atoms with E-state index >= 15 is 0 Å². The van der Waals surface area contributed by atoms with E-state index in [0.717, 1.165) is 0 Å². The van der Waals surface area contributed by atoms with Crippen LogP contribution in [0.3, 0.4) is 0 Å². The van der Waals surface area contributed by atoms with Gasteiger partial charge in [-0.25, -0.2) is 28.3 Å². The number of phenols is 1. The highest BCUT2D eigenvalue weighted by Crippen LogP contribution is 2.44. The van der Waals surface area contributed by atoms with Gasteiger partial charge < -0.3 is 15.5 Å². The molecule has 3 aromatic carbocycles. The number of rotatable bonds is 16. The van der Waals surface area contributed by atoms with Gasteiger partial charge in [-0.2, -0.15) is 10.1 Å². The number of aromatic hydroxyl groups is 1. The Labute approximate surface area is 294 Å². The van der Waals surface area contributed by atoms with E-state index in [-0.39, 0.29) is 68.6 Å². The summed E-state index contributed by atoms with van der Waals surface area (Å²) < 4.78 is 39.8. The van der Waals surface area contributed by atoms with E-state index in [4.69, 9.17) is 26.3 Å². The monoisotopic (exact) mass is 766 g/mol. The third-order valence-electron chi connectivity index (χ3n) is 6.34. The lowest BCUT2D eigenvalue weighted by Crippen LogP contribution is -2.34. The van der Waals surface area contributed by atoms with Gasteiger partial charge >= 0.3 is 23.1 Å². The Kier molecular flexibility index (Phi) is 12.4. The molecule has 5 rings (SSSR count). The first-order valence-electron chi connectivity index (χ1n) is 13.5. The lowest BCUT2D eigenvalue weighted by Gasteiger charge is -2.10. The molecular formula is C27H21ClN7O12S3+. The van der Waals surface area contributed by atoms with E-state index in [0.29, 0.717) is 28.5 Å². The van der Waals surface area contributed by atoms with Crippen LogP contribution in [0.25, 0.3) is 16.7 Å². The summed E-state index contributed by atoms with van der Waals surface area (Å²) in [5.74, 6) is -1.76. The summed E-state index contributed by atoms with van der Waals surface area (Å²) >= 11 is 6.90. The Hall–Kier alpha value is -4.59. The Morgan fingerprint density at radius 2 is 1.78 bits per heavy atom. The van der Waals surface area contributed by atoms with Crippen molar-refractivity contribution in [2.75, 3.05) is 17.7 Å². The first-order valence-corrected chi connectivity index (χ1v) is 16.9. The highest BCUT2D eigenvalue weighted by atomic mass is 35.5. The third-order valence-corrected chi connectivity index (χ3v) is 9.20. The number of halogens is 1. The number of azo groups is 1. The van der Waals surface area contributed by atoms with Crippen LogP contribution in [-0.4, -0.2) is 62.4 Å². The summed E-state index contributed by atoms with van der Waals surface area (Å²) in [4.78, 5) is 24.0. The molecule has 5 aromatic rings. The molecule has 0 amide bonds. The molecule has 0 aliphatic rings. The van der Waals surface area contributed by atoms with Gasteiger partial charge in [0.25, 0.3) is 0 Å². The lowest BCUT2D eigenvalue weighted by atomic mass is 10.1. The van der Waals surface area contributed by atoms with Crippen molar-refractivity contribution < 1.29 is 61.4 Å². The number of carbonyl (C=O) groups is 1. The Balaban J connectivity index is 1.38. The first-order chi connectivity index (χ1) is 24.1. The second kappa shape index (κ2) is 16.9. The van der Waals surface area contributed by atoms with Crippen LogP contribution in [0.1, 0.15) is 10.4 Å². The predicted octanol–water partition coefficient (Wildman–Crippen LogP) is 5.72. The molecule has 5 N–H and O–H groups in total. The first kappa shape index (κ1) is 36.7. The minimum atomic E-state index is -3.73. The molecule has 19 nitrogen and oxygen atoms in total. The molecule has 0 bridgehead atoms. The molecule has 2 aromatic heterocycles. The van der Waals surface area contributed by atoms with Crippen molar-refractivity contribution in [1.29, 1.82) is 0 Å². The Morgan fingerprint density at radius 3 is 2.52 bits per heavy atom. The molecule has 0 aliphatic heterocycles. The number of fused-ring (bicyclic) bond motifs is 1. The van der Waals surface area contributed by atoms with Gasteiger partial charge in [-0.3, -0.25) is 4.18 Å². The summed E-state index contributed by atoms with van der Waals surface area (Å²) in [6.45, 7) is -0.256. The number of carboxylic acid groups (broad SMARTS) is 1. The van der Waals surface area contributed by atoms with Crippen LogP contribution < -0.4 is 9.88 Å². The summed E-state index contributed by atoms with van der Waals surface area (Å²) in [5.41, 5.74) is 0.629. The van der Waals surface area contributed by atoms with Crippen molar-refractivity contribution in [3.05, 3.63) is 83.9 Å². The number of nitrogens with one attached hydrogen (secondary N) is 1.